The molecule has 0 aliphatic rings. The molecule has 0 radical (unpaired) electrons. The fourth-order valence-electron chi connectivity index (χ4n) is 1.88. The normalized spacial score (nSPS) is 10.7. The smallest absolute Gasteiger partial charge is 0.129 e. The highest BCUT2D eigenvalue weighted by Crippen LogP contribution is 2.15. The van der Waals surface area contributed by atoms with Crippen molar-refractivity contribution in [1.29, 1.82) is 0 Å². The number of nitrogens with two attached hydrogens (primary N) is 1. The van der Waals surface area contributed by atoms with Crippen molar-refractivity contribution in [2.75, 3.05) is 11.9 Å². The van der Waals surface area contributed by atoms with Crippen molar-refractivity contribution in [3.63, 3.8) is 0 Å². The number of aryl methyl sites for hydroxylation is 2. The van der Waals surface area contributed by atoms with Crippen LogP contribution in [0.15, 0.2) is 24.5 Å². The van der Waals surface area contributed by atoms with Crippen molar-refractivity contribution in [2.24, 2.45) is 12.8 Å². The summed E-state index contributed by atoms with van der Waals surface area (Å²) in [6, 6.07) is 4.04. The molecule has 0 saturated carbocycles. The molecule has 2 rings (SSSR count). The number of aromatic nitrogens is 3. The molecule has 0 aliphatic carbocycles. The molecule has 2 N–H and O–H groups in total. The third-order valence-corrected chi connectivity index (χ3v) is 2.93. The van der Waals surface area contributed by atoms with E-state index in [1.165, 1.54) is 0 Å². The van der Waals surface area contributed by atoms with Crippen LogP contribution >= 0.6 is 0 Å². The lowest BCUT2D eigenvalue weighted by molar-refractivity contribution is 0.753. The molecular formula is C13H19N5. The van der Waals surface area contributed by atoms with Crippen LogP contribution in [0.4, 0.5) is 5.82 Å². The molecule has 5 heteroatoms. The minimum atomic E-state index is 0.534. The molecule has 0 bridgehead atoms. The average molecular weight is 245 g/mol. The van der Waals surface area contributed by atoms with Crippen LogP contribution in [0.1, 0.15) is 17.1 Å². The van der Waals surface area contributed by atoms with E-state index in [0.29, 0.717) is 6.54 Å². The van der Waals surface area contributed by atoms with Crippen molar-refractivity contribution in [3.8, 4) is 0 Å². The standard InChI is InChI=1S/C13H19N5/c1-10-6-11(8-14)7-12(16-10)18(3)9-13-15-4-5-17(13)2/h4-7H,8-9,14H2,1-3H3. The van der Waals surface area contributed by atoms with E-state index < -0.39 is 0 Å². The van der Waals surface area contributed by atoms with Gasteiger partial charge in [-0.25, -0.2) is 9.97 Å². The highest BCUT2D eigenvalue weighted by molar-refractivity contribution is 5.42. The molecule has 5 nitrogen and oxygen atoms in total. The minimum absolute atomic E-state index is 0.534. The van der Waals surface area contributed by atoms with Crippen LogP contribution in [0.2, 0.25) is 0 Å². The molecule has 0 aromatic carbocycles. The SMILES string of the molecule is Cc1cc(CN)cc(N(C)Cc2nccn2C)n1. The van der Waals surface area contributed by atoms with Crippen LogP contribution in [0, 0.1) is 6.92 Å². The van der Waals surface area contributed by atoms with Crippen LogP contribution in [0.25, 0.3) is 0 Å². The molecule has 96 valence electrons. The summed E-state index contributed by atoms with van der Waals surface area (Å²) >= 11 is 0. The second-order valence-corrected chi connectivity index (χ2v) is 4.49. The molecule has 0 atom stereocenters. The molecule has 0 saturated heterocycles. The van der Waals surface area contributed by atoms with Gasteiger partial charge in [0, 0.05) is 38.7 Å². The summed E-state index contributed by atoms with van der Waals surface area (Å²) in [5.41, 5.74) is 7.77. The first kappa shape index (κ1) is 12.6. The number of pyridine rings is 1. The topological polar surface area (TPSA) is 60.0 Å². The highest BCUT2D eigenvalue weighted by atomic mass is 15.2. The number of rotatable bonds is 4. The van der Waals surface area contributed by atoms with Crippen molar-refractivity contribution in [2.45, 2.75) is 20.0 Å². The van der Waals surface area contributed by atoms with E-state index in [9.17, 15) is 0 Å². The van der Waals surface area contributed by atoms with Gasteiger partial charge in [0.1, 0.15) is 11.6 Å². The Kier molecular flexibility index (Phi) is 3.62. The monoisotopic (exact) mass is 245 g/mol. The third-order valence-electron chi connectivity index (χ3n) is 2.93. The van der Waals surface area contributed by atoms with E-state index >= 15 is 0 Å². The number of nitrogens with zero attached hydrogens (tertiary/aromatic N) is 4. The lowest BCUT2D eigenvalue weighted by Gasteiger charge is -2.19. The number of hydrogen-bond donors (Lipinski definition) is 1. The zero-order chi connectivity index (χ0) is 13.1. The Bertz CT molecular complexity index is 532. The van der Waals surface area contributed by atoms with Gasteiger partial charge in [-0.05, 0) is 24.6 Å². The van der Waals surface area contributed by atoms with Gasteiger partial charge in [-0.1, -0.05) is 0 Å². The Hall–Kier alpha value is -1.88. The van der Waals surface area contributed by atoms with Gasteiger partial charge < -0.3 is 15.2 Å². The molecule has 18 heavy (non-hydrogen) atoms. The second kappa shape index (κ2) is 5.18. The van der Waals surface area contributed by atoms with E-state index in [0.717, 1.165) is 29.4 Å². The quantitative estimate of drug-likeness (QED) is 0.880. The number of anilines is 1. The van der Waals surface area contributed by atoms with E-state index in [1.54, 1.807) is 6.20 Å². The van der Waals surface area contributed by atoms with Gasteiger partial charge in [-0.15, -0.1) is 0 Å². The van der Waals surface area contributed by atoms with Crippen LogP contribution in [0.3, 0.4) is 0 Å². The average Bonchev–Trinajstić information content (AvgIpc) is 2.74. The van der Waals surface area contributed by atoms with Crippen LogP contribution in [-0.4, -0.2) is 21.6 Å². The molecule has 0 amide bonds. The Morgan fingerprint density at radius 3 is 2.78 bits per heavy atom. The molecule has 2 heterocycles. The van der Waals surface area contributed by atoms with E-state index in [-0.39, 0.29) is 0 Å². The molecule has 2 aromatic heterocycles. The molecule has 0 fully saturated rings. The predicted molar refractivity (Wildman–Crippen MR) is 72.2 cm³/mol. The summed E-state index contributed by atoms with van der Waals surface area (Å²) in [7, 11) is 4.00. The molecule has 0 aliphatic heterocycles. The summed E-state index contributed by atoms with van der Waals surface area (Å²) in [6.45, 7) is 3.24. The van der Waals surface area contributed by atoms with Crippen molar-refractivity contribution in [3.05, 3.63) is 41.6 Å². The van der Waals surface area contributed by atoms with Gasteiger partial charge >= 0.3 is 0 Å². The second-order valence-electron chi connectivity index (χ2n) is 4.49. The first-order valence-corrected chi connectivity index (χ1v) is 5.95. The van der Waals surface area contributed by atoms with Crippen LogP contribution < -0.4 is 10.6 Å². The lowest BCUT2D eigenvalue weighted by atomic mass is 10.2. The van der Waals surface area contributed by atoms with Crippen LogP contribution in [0.5, 0.6) is 0 Å². The van der Waals surface area contributed by atoms with Gasteiger partial charge in [-0.3, -0.25) is 0 Å². The Labute approximate surface area is 107 Å². The minimum Gasteiger partial charge on any atom is -0.352 e. The predicted octanol–water partition coefficient (Wildman–Crippen LogP) is 1.22. The molecule has 2 aromatic rings. The maximum atomic E-state index is 5.69. The van der Waals surface area contributed by atoms with Gasteiger partial charge in [0.2, 0.25) is 0 Å². The first-order chi connectivity index (χ1) is 8.60. The van der Waals surface area contributed by atoms with E-state index in [2.05, 4.69) is 14.9 Å². The fraction of sp³-hybridized carbons (Fsp3) is 0.385. The lowest BCUT2D eigenvalue weighted by Crippen LogP contribution is -2.20. The third kappa shape index (κ3) is 2.68. The van der Waals surface area contributed by atoms with Crippen molar-refractivity contribution >= 4 is 5.82 Å². The highest BCUT2D eigenvalue weighted by Gasteiger charge is 2.08. The summed E-state index contributed by atoms with van der Waals surface area (Å²) in [4.78, 5) is 10.9. The Morgan fingerprint density at radius 1 is 1.39 bits per heavy atom. The largest absolute Gasteiger partial charge is 0.352 e. The molecular weight excluding hydrogens is 226 g/mol. The first-order valence-electron chi connectivity index (χ1n) is 5.95. The number of hydrogen-bond acceptors (Lipinski definition) is 4. The van der Waals surface area contributed by atoms with Crippen molar-refractivity contribution in [1.82, 2.24) is 14.5 Å². The van der Waals surface area contributed by atoms with Crippen molar-refractivity contribution < 1.29 is 0 Å². The van der Waals surface area contributed by atoms with Gasteiger partial charge in [0.15, 0.2) is 0 Å². The summed E-state index contributed by atoms with van der Waals surface area (Å²) < 4.78 is 2.01. The zero-order valence-electron chi connectivity index (χ0n) is 11.1. The van der Waals surface area contributed by atoms with E-state index in [4.69, 9.17) is 5.73 Å². The summed E-state index contributed by atoms with van der Waals surface area (Å²) in [6.07, 6.45) is 3.75. The summed E-state index contributed by atoms with van der Waals surface area (Å²) in [5.74, 6) is 1.94. The maximum absolute atomic E-state index is 5.69. The fourth-order valence-corrected chi connectivity index (χ4v) is 1.88. The Balaban J connectivity index is 2.20. The van der Waals surface area contributed by atoms with E-state index in [1.807, 2.05) is 43.9 Å². The summed E-state index contributed by atoms with van der Waals surface area (Å²) in [5, 5.41) is 0. The van der Waals surface area contributed by atoms with Gasteiger partial charge in [-0.2, -0.15) is 0 Å². The molecule has 0 spiro atoms. The number of imidazole rings is 1. The van der Waals surface area contributed by atoms with Gasteiger partial charge in [0.05, 0.1) is 6.54 Å². The Morgan fingerprint density at radius 2 is 2.17 bits per heavy atom. The van der Waals surface area contributed by atoms with Gasteiger partial charge in [0.25, 0.3) is 0 Å². The van der Waals surface area contributed by atoms with Crippen LogP contribution in [-0.2, 0) is 20.1 Å². The molecule has 0 unspecified atom stereocenters. The zero-order valence-corrected chi connectivity index (χ0v) is 11.1. The maximum Gasteiger partial charge on any atom is 0.129 e.